The molecule has 0 saturated carbocycles. The number of alkyl halides is 3. The first kappa shape index (κ1) is 21.7. The standard InChI is InChI=1S/C19H12F3IN8O/c1-9(17-26-8-27-31(17)14-3-2-10(6-24)7-25-14)28-18(32)13-5-11(19(20,21)22)4-12-15(13)29-30-16(12)23/h2-5,7-9H,1H3,(H,28,32)(H,29,30)/t9-/m0/s1. The predicted molar refractivity (Wildman–Crippen MR) is 114 cm³/mol. The van der Waals surface area contributed by atoms with Gasteiger partial charge in [0.1, 0.15) is 21.6 Å². The number of hydrogen-bond donors (Lipinski definition) is 2. The zero-order valence-electron chi connectivity index (χ0n) is 16.1. The van der Waals surface area contributed by atoms with Gasteiger partial charge in [-0.1, -0.05) is 0 Å². The van der Waals surface area contributed by atoms with Crippen molar-refractivity contribution in [2.75, 3.05) is 0 Å². The average molecular weight is 552 g/mol. The first-order chi connectivity index (χ1) is 15.2. The summed E-state index contributed by atoms with van der Waals surface area (Å²) in [5.41, 5.74) is -0.684. The number of rotatable bonds is 4. The van der Waals surface area contributed by atoms with Gasteiger partial charge in [-0.25, -0.2) is 9.97 Å². The Bertz CT molecular complexity index is 1350. The smallest absolute Gasteiger partial charge is 0.342 e. The molecule has 4 rings (SSSR count). The van der Waals surface area contributed by atoms with Crippen LogP contribution >= 0.6 is 22.6 Å². The third-order valence-corrected chi connectivity index (χ3v) is 5.41. The molecule has 0 radical (unpaired) electrons. The highest BCUT2D eigenvalue weighted by Gasteiger charge is 2.33. The topological polar surface area (TPSA) is 125 Å². The minimum absolute atomic E-state index is 0.127. The summed E-state index contributed by atoms with van der Waals surface area (Å²) in [5.74, 6) is -0.0878. The molecule has 0 unspecified atom stereocenters. The van der Waals surface area contributed by atoms with Crippen LogP contribution in [0.1, 0.15) is 40.3 Å². The molecule has 13 heteroatoms. The molecule has 1 aromatic carbocycles. The minimum Gasteiger partial charge on any atom is -0.342 e. The second kappa shape index (κ2) is 8.19. The largest absolute Gasteiger partial charge is 0.416 e. The molecule has 0 aliphatic rings. The number of benzene rings is 1. The quantitative estimate of drug-likeness (QED) is 0.374. The fourth-order valence-electron chi connectivity index (χ4n) is 3.06. The third-order valence-electron chi connectivity index (χ3n) is 4.59. The molecular weight excluding hydrogens is 540 g/mol. The van der Waals surface area contributed by atoms with Gasteiger partial charge in [-0.15, -0.1) is 0 Å². The van der Waals surface area contributed by atoms with E-state index in [0.717, 1.165) is 12.1 Å². The molecular formula is C19H12F3IN8O. The summed E-state index contributed by atoms with van der Waals surface area (Å²) < 4.78 is 41.8. The zero-order chi connectivity index (χ0) is 23.0. The van der Waals surface area contributed by atoms with Crippen molar-refractivity contribution in [3.63, 3.8) is 0 Å². The monoisotopic (exact) mass is 552 g/mol. The first-order valence-electron chi connectivity index (χ1n) is 9.01. The minimum atomic E-state index is -4.63. The van der Waals surface area contributed by atoms with E-state index in [1.807, 2.05) is 28.7 Å². The van der Waals surface area contributed by atoms with E-state index in [-0.39, 0.29) is 16.5 Å². The summed E-state index contributed by atoms with van der Waals surface area (Å²) in [6.45, 7) is 1.61. The number of H-pyrrole nitrogens is 1. The van der Waals surface area contributed by atoms with Crippen LogP contribution in [0.5, 0.6) is 0 Å². The second-order valence-electron chi connectivity index (χ2n) is 6.70. The lowest BCUT2D eigenvalue weighted by Gasteiger charge is -2.15. The molecule has 9 nitrogen and oxygen atoms in total. The number of carbonyl (C=O) groups is 1. The number of aromatic amines is 1. The highest BCUT2D eigenvalue weighted by molar-refractivity contribution is 14.1. The van der Waals surface area contributed by atoms with E-state index < -0.39 is 23.7 Å². The van der Waals surface area contributed by atoms with E-state index >= 15 is 0 Å². The lowest BCUT2D eigenvalue weighted by atomic mass is 10.1. The molecule has 2 N–H and O–H groups in total. The number of nitrogens with zero attached hydrogens (tertiary/aromatic N) is 6. The molecule has 1 atom stereocenters. The summed E-state index contributed by atoms with van der Waals surface area (Å²) in [6.07, 6.45) is -2.00. The van der Waals surface area contributed by atoms with E-state index in [4.69, 9.17) is 5.26 Å². The summed E-state index contributed by atoms with van der Waals surface area (Å²) >= 11 is 1.82. The Hall–Kier alpha value is -3.54. The molecule has 1 amide bonds. The summed E-state index contributed by atoms with van der Waals surface area (Å²) in [5, 5.41) is 22.4. The van der Waals surface area contributed by atoms with Crippen LogP contribution in [0, 0.1) is 15.0 Å². The average Bonchev–Trinajstić information content (AvgIpc) is 3.40. The molecule has 0 spiro atoms. The van der Waals surface area contributed by atoms with Crippen molar-refractivity contribution in [1.82, 2.24) is 35.3 Å². The highest BCUT2D eigenvalue weighted by Crippen LogP contribution is 2.34. The van der Waals surface area contributed by atoms with E-state index in [1.165, 1.54) is 17.2 Å². The Morgan fingerprint density at radius 3 is 2.75 bits per heavy atom. The normalized spacial score (nSPS) is 12.5. The van der Waals surface area contributed by atoms with Crippen LogP contribution in [0.3, 0.4) is 0 Å². The molecule has 0 fully saturated rings. The van der Waals surface area contributed by atoms with Crippen molar-refractivity contribution in [2.45, 2.75) is 19.1 Å². The van der Waals surface area contributed by atoms with E-state index in [2.05, 4.69) is 30.6 Å². The van der Waals surface area contributed by atoms with Gasteiger partial charge in [0.05, 0.1) is 22.7 Å². The lowest BCUT2D eigenvalue weighted by molar-refractivity contribution is -0.137. The predicted octanol–water partition coefficient (Wildman–Crippen LogP) is 3.52. The van der Waals surface area contributed by atoms with Gasteiger partial charge in [0, 0.05) is 11.6 Å². The number of nitrogens with one attached hydrogen (secondary N) is 2. The van der Waals surface area contributed by atoms with Gasteiger partial charge in [0.2, 0.25) is 0 Å². The van der Waals surface area contributed by atoms with Gasteiger partial charge in [0.15, 0.2) is 11.6 Å². The number of nitriles is 1. The van der Waals surface area contributed by atoms with Crippen LogP contribution in [0.2, 0.25) is 0 Å². The van der Waals surface area contributed by atoms with E-state index in [0.29, 0.717) is 20.9 Å². The molecule has 0 aliphatic carbocycles. The number of amides is 1. The number of aromatic nitrogens is 6. The molecule has 0 saturated heterocycles. The second-order valence-corrected chi connectivity index (χ2v) is 7.78. The molecule has 4 aromatic rings. The van der Waals surface area contributed by atoms with Crippen LogP contribution in [0.25, 0.3) is 16.7 Å². The van der Waals surface area contributed by atoms with Gasteiger partial charge in [-0.3, -0.25) is 9.89 Å². The number of pyridine rings is 1. The van der Waals surface area contributed by atoms with Crippen molar-refractivity contribution in [3.05, 3.63) is 63.0 Å². The Morgan fingerprint density at radius 1 is 1.31 bits per heavy atom. The first-order valence-corrected chi connectivity index (χ1v) is 10.1. The maximum absolute atomic E-state index is 13.4. The van der Waals surface area contributed by atoms with Crippen molar-refractivity contribution in [1.29, 1.82) is 5.26 Å². The number of fused-ring (bicyclic) bond motifs is 1. The molecule has 0 bridgehead atoms. The van der Waals surface area contributed by atoms with Crippen LogP contribution in [0.4, 0.5) is 13.2 Å². The van der Waals surface area contributed by atoms with Gasteiger partial charge >= 0.3 is 6.18 Å². The Balaban J connectivity index is 1.66. The fourth-order valence-corrected chi connectivity index (χ4v) is 3.59. The molecule has 3 heterocycles. The molecule has 0 aliphatic heterocycles. The maximum atomic E-state index is 13.4. The van der Waals surface area contributed by atoms with Crippen LogP contribution in [0.15, 0.2) is 36.8 Å². The van der Waals surface area contributed by atoms with Crippen molar-refractivity contribution >= 4 is 39.4 Å². The van der Waals surface area contributed by atoms with E-state index in [9.17, 15) is 18.0 Å². The van der Waals surface area contributed by atoms with Crippen LogP contribution in [-0.2, 0) is 6.18 Å². The van der Waals surface area contributed by atoms with Crippen LogP contribution < -0.4 is 5.32 Å². The van der Waals surface area contributed by atoms with Crippen molar-refractivity contribution in [2.24, 2.45) is 0 Å². The number of halogens is 4. The fraction of sp³-hybridized carbons (Fsp3) is 0.158. The summed E-state index contributed by atoms with van der Waals surface area (Å²) in [4.78, 5) is 21.2. The van der Waals surface area contributed by atoms with Crippen LogP contribution in [-0.4, -0.2) is 35.9 Å². The number of carbonyl (C=O) groups excluding carboxylic acids is 1. The Labute approximate surface area is 191 Å². The van der Waals surface area contributed by atoms with Gasteiger partial charge in [-0.2, -0.15) is 33.3 Å². The molecule has 162 valence electrons. The SMILES string of the molecule is C[C@H](NC(=O)c1cc(C(F)(F)F)cc2c(I)[nH]nc12)c1ncnn1-c1ccc(C#N)cn1. The van der Waals surface area contributed by atoms with Gasteiger partial charge < -0.3 is 5.32 Å². The van der Waals surface area contributed by atoms with Crippen molar-refractivity contribution in [3.8, 4) is 11.9 Å². The maximum Gasteiger partial charge on any atom is 0.416 e. The third kappa shape index (κ3) is 4.00. The van der Waals surface area contributed by atoms with Gasteiger partial charge in [0.25, 0.3) is 5.91 Å². The molecule has 32 heavy (non-hydrogen) atoms. The highest BCUT2D eigenvalue weighted by atomic mass is 127. The molecule has 3 aromatic heterocycles. The zero-order valence-corrected chi connectivity index (χ0v) is 18.3. The number of hydrogen-bond acceptors (Lipinski definition) is 6. The lowest BCUT2D eigenvalue weighted by Crippen LogP contribution is -2.29. The Morgan fingerprint density at radius 2 is 2.09 bits per heavy atom. The Kier molecular flexibility index (Phi) is 5.55. The van der Waals surface area contributed by atoms with E-state index in [1.54, 1.807) is 19.1 Å². The summed E-state index contributed by atoms with van der Waals surface area (Å²) in [7, 11) is 0. The van der Waals surface area contributed by atoms with Gasteiger partial charge in [-0.05, 0) is 53.8 Å². The van der Waals surface area contributed by atoms with Crippen molar-refractivity contribution < 1.29 is 18.0 Å². The summed E-state index contributed by atoms with van der Waals surface area (Å²) in [6, 6.07) is 6.07.